The fraction of sp³-hybridized carbons (Fsp3) is 0.400. The molecule has 3 aromatic carbocycles. The third-order valence-corrected chi connectivity index (χ3v) is 7.99. The summed E-state index contributed by atoms with van der Waals surface area (Å²) in [5, 5.41) is 2.81. The Morgan fingerprint density at radius 3 is 2.14 bits per heavy atom. The first-order chi connectivity index (χ1) is 20.0. The number of alkyl carbamates (subject to hydrolysis) is 1. The van der Waals surface area contributed by atoms with Crippen molar-refractivity contribution in [2.75, 3.05) is 6.54 Å². The third-order valence-electron chi connectivity index (χ3n) is 7.99. The van der Waals surface area contributed by atoms with Crippen molar-refractivity contribution in [3.05, 3.63) is 94.5 Å². The Morgan fingerprint density at radius 1 is 0.881 bits per heavy atom. The van der Waals surface area contributed by atoms with Crippen LogP contribution in [0.25, 0.3) is 11.1 Å². The molecule has 1 N–H and O–H groups in total. The van der Waals surface area contributed by atoms with Gasteiger partial charge in [0.1, 0.15) is 24.8 Å². The minimum Gasteiger partial charge on any atom is -0.459 e. The molecule has 0 saturated heterocycles. The van der Waals surface area contributed by atoms with Crippen molar-refractivity contribution in [2.24, 2.45) is 5.92 Å². The van der Waals surface area contributed by atoms with Gasteiger partial charge in [0, 0.05) is 6.04 Å². The third kappa shape index (κ3) is 6.51. The second kappa shape index (κ2) is 12.0. The minimum atomic E-state index is -0.866. The fourth-order valence-corrected chi connectivity index (χ4v) is 6.02. The molecule has 2 aliphatic carbocycles. The number of carbonyl (C=O) groups is 3. The van der Waals surface area contributed by atoms with Gasteiger partial charge in [-0.25, -0.2) is 4.79 Å². The Bertz CT molecular complexity index is 1460. The second-order valence-electron chi connectivity index (χ2n) is 12.6. The van der Waals surface area contributed by atoms with Crippen molar-refractivity contribution in [2.45, 2.75) is 78.2 Å². The molecule has 0 radical (unpaired) electrons. The SMILES string of the molecule is CC(C)C(NC(=O)OCc1cccc2c1Cc1ccccc1-2)C(=O)N(CC(=O)OC(C)(C)C)C1Cc2ccccc2C1. The first-order valence-electron chi connectivity index (χ1n) is 14.7. The molecule has 0 aliphatic heterocycles. The van der Waals surface area contributed by atoms with Crippen LogP contribution < -0.4 is 5.32 Å². The average molecular weight is 569 g/mol. The molecule has 220 valence electrons. The number of nitrogens with one attached hydrogen (secondary N) is 1. The molecule has 2 aliphatic rings. The molecule has 7 heteroatoms. The summed E-state index contributed by atoms with van der Waals surface area (Å²) in [6.45, 7) is 9.07. The van der Waals surface area contributed by atoms with Gasteiger partial charge < -0.3 is 19.7 Å². The topological polar surface area (TPSA) is 84.9 Å². The Balaban J connectivity index is 1.29. The molecule has 0 spiro atoms. The molecule has 0 aromatic heterocycles. The predicted octanol–water partition coefficient (Wildman–Crippen LogP) is 5.85. The van der Waals surface area contributed by atoms with E-state index in [1.165, 1.54) is 11.1 Å². The smallest absolute Gasteiger partial charge is 0.408 e. The Labute approximate surface area is 248 Å². The van der Waals surface area contributed by atoms with Crippen molar-refractivity contribution in [1.82, 2.24) is 10.2 Å². The molecule has 1 unspecified atom stereocenters. The van der Waals surface area contributed by atoms with Gasteiger partial charge in [-0.1, -0.05) is 80.6 Å². The maximum absolute atomic E-state index is 14.1. The van der Waals surface area contributed by atoms with E-state index in [9.17, 15) is 14.4 Å². The average Bonchev–Trinajstić information content (AvgIpc) is 3.54. The van der Waals surface area contributed by atoms with Gasteiger partial charge in [-0.05, 0) is 84.9 Å². The summed E-state index contributed by atoms with van der Waals surface area (Å²) in [6.07, 6.45) is 1.41. The number of fused-ring (bicyclic) bond motifs is 4. The highest BCUT2D eigenvalue weighted by Crippen LogP contribution is 2.38. The summed E-state index contributed by atoms with van der Waals surface area (Å²) in [5.41, 5.74) is 7.39. The standard InChI is InChI=1S/C35H40N2O5/c1-22(2)32(36-34(40)41-21-26-14-10-16-29-28-15-9-8-13-25(28)19-30(26)29)33(39)37(20-31(38)42-35(3,4)5)27-17-23-11-6-7-12-24(23)18-27/h6-16,22,27,32H,17-21H2,1-5H3,(H,36,40). The van der Waals surface area contributed by atoms with Gasteiger partial charge >= 0.3 is 12.1 Å². The summed E-state index contributed by atoms with van der Waals surface area (Å²) in [5.74, 6) is -1.03. The summed E-state index contributed by atoms with van der Waals surface area (Å²) < 4.78 is 11.3. The highest BCUT2D eigenvalue weighted by molar-refractivity contribution is 5.89. The van der Waals surface area contributed by atoms with E-state index < -0.39 is 23.7 Å². The first-order valence-corrected chi connectivity index (χ1v) is 14.7. The molecule has 0 saturated carbocycles. The van der Waals surface area contributed by atoms with E-state index >= 15 is 0 Å². The van der Waals surface area contributed by atoms with Crippen LogP contribution in [0.3, 0.4) is 0 Å². The van der Waals surface area contributed by atoms with Gasteiger partial charge in [-0.2, -0.15) is 0 Å². The minimum absolute atomic E-state index is 0.0988. The molecular formula is C35H40N2O5. The van der Waals surface area contributed by atoms with E-state index in [1.54, 1.807) is 25.7 Å². The number of nitrogens with zero attached hydrogens (tertiary/aromatic N) is 1. The summed E-state index contributed by atoms with van der Waals surface area (Å²) in [6, 6.07) is 21.4. The van der Waals surface area contributed by atoms with Crippen molar-refractivity contribution in [1.29, 1.82) is 0 Å². The number of hydrogen-bond donors (Lipinski definition) is 1. The predicted molar refractivity (Wildman–Crippen MR) is 162 cm³/mol. The monoisotopic (exact) mass is 568 g/mol. The molecule has 0 fully saturated rings. The Hall–Kier alpha value is -4.13. The zero-order valence-electron chi connectivity index (χ0n) is 25.1. The van der Waals surface area contributed by atoms with Gasteiger partial charge in [-0.15, -0.1) is 0 Å². The van der Waals surface area contributed by atoms with Crippen molar-refractivity contribution < 1.29 is 23.9 Å². The number of rotatable bonds is 8. The van der Waals surface area contributed by atoms with Crippen molar-refractivity contribution >= 4 is 18.0 Å². The van der Waals surface area contributed by atoms with Gasteiger partial charge in [0.15, 0.2) is 0 Å². The number of hydrogen-bond acceptors (Lipinski definition) is 5. The molecule has 0 heterocycles. The van der Waals surface area contributed by atoms with E-state index in [2.05, 4.69) is 35.6 Å². The second-order valence-corrected chi connectivity index (χ2v) is 12.6. The lowest BCUT2D eigenvalue weighted by atomic mass is 10.0. The summed E-state index contributed by atoms with van der Waals surface area (Å²) in [7, 11) is 0. The van der Waals surface area contributed by atoms with Crippen LogP contribution in [0.2, 0.25) is 0 Å². The molecular weight excluding hydrogens is 528 g/mol. The van der Waals surface area contributed by atoms with Crippen LogP contribution in [0.5, 0.6) is 0 Å². The number of carbonyl (C=O) groups excluding carboxylic acids is 3. The lowest BCUT2D eigenvalue weighted by molar-refractivity contribution is -0.160. The number of ether oxygens (including phenoxy) is 2. The maximum atomic E-state index is 14.1. The lowest BCUT2D eigenvalue weighted by Crippen LogP contribution is -2.56. The largest absolute Gasteiger partial charge is 0.459 e. The zero-order chi connectivity index (χ0) is 30.0. The quantitative estimate of drug-likeness (QED) is 0.270. The molecule has 0 bridgehead atoms. The Morgan fingerprint density at radius 2 is 1.50 bits per heavy atom. The highest BCUT2D eigenvalue weighted by atomic mass is 16.6. The van der Waals surface area contributed by atoms with Gasteiger partial charge in [0.2, 0.25) is 5.91 Å². The van der Waals surface area contributed by atoms with Crippen LogP contribution in [0.4, 0.5) is 4.79 Å². The molecule has 5 rings (SSSR count). The van der Waals surface area contributed by atoms with E-state index in [-0.39, 0.29) is 31.0 Å². The number of amides is 2. The lowest BCUT2D eigenvalue weighted by Gasteiger charge is -2.34. The molecule has 7 nitrogen and oxygen atoms in total. The number of esters is 1. The van der Waals surface area contributed by atoms with Gasteiger partial charge in [0.05, 0.1) is 0 Å². The van der Waals surface area contributed by atoms with Crippen LogP contribution >= 0.6 is 0 Å². The Kier molecular flexibility index (Phi) is 8.39. The van der Waals surface area contributed by atoms with E-state index in [0.717, 1.165) is 34.2 Å². The van der Waals surface area contributed by atoms with Crippen LogP contribution in [0.1, 0.15) is 62.4 Å². The van der Waals surface area contributed by atoms with Gasteiger partial charge in [-0.3, -0.25) is 9.59 Å². The van der Waals surface area contributed by atoms with Crippen LogP contribution in [-0.2, 0) is 44.9 Å². The molecule has 1 atom stereocenters. The first kappa shape index (κ1) is 29.4. The molecule has 2 amide bonds. The summed E-state index contributed by atoms with van der Waals surface area (Å²) in [4.78, 5) is 41.7. The zero-order valence-corrected chi connectivity index (χ0v) is 25.1. The van der Waals surface area contributed by atoms with Crippen molar-refractivity contribution in [3.63, 3.8) is 0 Å². The van der Waals surface area contributed by atoms with Crippen LogP contribution in [0, 0.1) is 5.92 Å². The van der Waals surface area contributed by atoms with E-state index in [4.69, 9.17) is 9.47 Å². The molecule has 42 heavy (non-hydrogen) atoms. The van der Waals surface area contributed by atoms with E-state index in [1.807, 2.05) is 50.2 Å². The fourth-order valence-electron chi connectivity index (χ4n) is 6.02. The highest BCUT2D eigenvalue weighted by Gasteiger charge is 2.37. The van der Waals surface area contributed by atoms with E-state index in [0.29, 0.717) is 12.8 Å². The van der Waals surface area contributed by atoms with Crippen LogP contribution in [0.15, 0.2) is 66.7 Å². The summed E-state index contributed by atoms with van der Waals surface area (Å²) >= 11 is 0. The van der Waals surface area contributed by atoms with Gasteiger partial charge in [0.25, 0.3) is 0 Å². The van der Waals surface area contributed by atoms with Crippen molar-refractivity contribution in [3.8, 4) is 11.1 Å². The maximum Gasteiger partial charge on any atom is 0.408 e. The number of benzene rings is 3. The van der Waals surface area contributed by atoms with Crippen LogP contribution in [-0.4, -0.2) is 47.1 Å². The molecule has 3 aromatic rings. The normalized spacial score (nSPS) is 14.5.